The van der Waals surface area contributed by atoms with Crippen molar-refractivity contribution in [2.75, 3.05) is 0 Å². The fraction of sp³-hybridized carbons (Fsp3) is 0.333. The molecule has 0 aliphatic carbocycles. The third-order valence-corrected chi connectivity index (χ3v) is 2.33. The number of carbonyl (C=O) groups is 1. The lowest BCUT2D eigenvalue weighted by Gasteiger charge is -2.09. The van der Waals surface area contributed by atoms with Gasteiger partial charge in [-0.25, -0.2) is 0 Å². The van der Waals surface area contributed by atoms with Crippen LogP contribution in [0.1, 0.15) is 17.5 Å². The SMILES string of the molecule is N#CC[C@H](C=O)Cc1ccc(C(F)(F)F)cc1. The van der Waals surface area contributed by atoms with Crippen molar-refractivity contribution in [3.8, 4) is 6.07 Å². The Morgan fingerprint density at radius 3 is 2.29 bits per heavy atom. The molecule has 0 saturated heterocycles. The third-order valence-electron chi connectivity index (χ3n) is 2.33. The average Bonchev–Trinajstić information content (AvgIpc) is 2.28. The first-order valence-electron chi connectivity index (χ1n) is 4.95. The lowest BCUT2D eigenvalue weighted by molar-refractivity contribution is -0.137. The highest BCUT2D eigenvalue weighted by atomic mass is 19.4. The molecule has 0 aliphatic rings. The minimum absolute atomic E-state index is 0.0739. The van der Waals surface area contributed by atoms with E-state index < -0.39 is 17.7 Å². The van der Waals surface area contributed by atoms with E-state index >= 15 is 0 Å². The molecule has 0 radical (unpaired) electrons. The molecule has 1 rings (SSSR count). The molecule has 0 saturated carbocycles. The van der Waals surface area contributed by atoms with Gasteiger partial charge in [-0.2, -0.15) is 18.4 Å². The van der Waals surface area contributed by atoms with Crippen LogP contribution in [0.5, 0.6) is 0 Å². The Labute approximate surface area is 96.7 Å². The zero-order valence-electron chi connectivity index (χ0n) is 8.87. The maximum atomic E-state index is 12.3. The number of aldehydes is 1. The molecule has 0 bridgehead atoms. The molecule has 0 unspecified atom stereocenters. The summed E-state index contributed by atoms with van der Waals surface area (Å²) in [7, 11) is 0. The number of nitriles is 1. The van der Waals surface area contributed by atoms with Crippen molar-refractivity contribution in [3.63, 3.8) is 0 Å². The largest absolute Gasteiger partial charge is 0.416 e. The molecule has 0 amide bonds. The summed E-state index contributed by atoms with van der Waals surface area (Å²) in [5.41, 5.74) is -0.102. The van der Waals surface area contributed by atoms with E-state index in [1.807, 2.05) is 6.07 Å². The van der Waals surface area contributed by atoms with Crippen LogP contribution in [0.25, 0.3) is 0 Å². The van der Waals surface area contributed by atoms with Crippen molar-refractivity contribution in [1.29, 1.82) is 5.26 Å². The van der Waals surface area contributed by atoms with Crippen LogP contribution in [0.4, 0.5) is 13.2 Å². The fourth-order valence-electron chi connectivity index (χ4n) is 1.42. The minimum Gasteiger partial charge on any atom is -0.303 e. The second-order valence-electron chi connectivity index (χ2n) is 3.66. The van der Waals surface area contributed by atoms with Crippen molar-refractivity contribution < 1.29 is 18.0 Å². The summed E-state index contributed by atoms with van der Waals surface area (Å²) in [6.45, 7) is 0. The third kappa shape index (κ3) is 3.91. The minimum atomic E-state index is -4.35. The van der Waals surface area contributed by atoms with E-state index in [0.29, 0.717) is 11.8 Å². The average molecular weight is 241 g/mol. The van der Waals surface area contributed by atoms with Gasteiger partial charge in [0, 0.05) is 12.3 Å². The molecular formula is C12H10F3NO. The molecule has 0 aliphatic heterocycles. The summed E-state index contributed by atoms with van der Waals surface area (Å²) in [6, 6.07) is 6.47. The zero-order chi connectivity index (χ0) is 12.9. The molecule has 1 atom stereocenters. The van der Waals surface area contributed by atoms with Crippen molar-refractivity contribution in [1.82, 2.24) is 0 Å². The smallest absolute Gasteiger partial charge is 0.303 e. The van der Waals surface area contributed by atoms with E-state index in [0.717, 1.165) is 12.1 Å². The predicted octanol–water partition coefficient (Wildman–Crippen LogP) is 2.98. The molecule has 2 nitrogen and oxygen atoms in total. The highest BCUT2D eigenvalue weighted by molar-refractivity contribution is 5.54. The Hall–Kier alpha value is -1.83. The van der Waals surface area contributed by atoms with Crippen LogP contribution in [-0.2, 0) is 17.4 Å². The number of benzene rings is 1. The van der Waals surface area contributed by atoms with E-state index in [4.69, 9.17) is 5.26 Å². The highest BCUT2D eigenvalue weighted by Crippen LogP contribution is 2.29. The molecule has 0 N–H and O–H groups in total. The summed E-state index contributed by atoms with van der Waals surface area (Å²) >= 11 is 0. The van der Waals surface area contributed by atoms with Gasteiger partial charge in [0.05, 0.1) is 11.6 Å². The first-order chi connectivity index (χ1) is 7.97. The molecule has 1 aromatic carbocycles. The van der Waals surface area contributed by atoms with Gasteiger partial charge in [0.2, 0.25) is 0 Å². The first-order valence-corrected chi connectivity index (χ1v) is 4.95. The molecule has 90 valence electrons. The molecule has 0 spiro atoms. The Kier molecular flexibility index (Phi) is 4.27. The number of alkyl halides is 3. The maximum absolute atomic E-state index is 12.3. The van der Waals surface area contributed by atoms with Crippen molar-refractivity contribution in [3.05, 3.63) is 35.4 Å². The Morgan fingerprint density at radius 2 is 1.88 bits per heavy atom. The molecule has 1 aromatic rings. The van der Waals surface area contributed by atoms with Crippen LogP contribution in [0.15, 0.2) is 24.3 Å². The van der Waals surface area contributed by atoms with Gasteiger partial charge < -0.3 is 4.79 Å². The zero-order valence-corrected chi connectivity index (χ0v) is 8.87. The molecule has 0 heterocycles. The summed E-state index contributed by atoms with van der Waals surface area (Å²) < 4.78 is 36.8. The van der Waals surface area contributed by atoms with Gasteiger partial charge in [-0.05, 0) is 24.1 Å². The first kappa shape index (κ1) is 13.2. The summed E-state index contributed by atoms with van der Waals surface area (Å²) in [5.74, 6) is -0.461. The van der Waals surface area contributed by atoms with Gasteiger partial charge in [0.1, 0.15) is 6.29 Å². The lowest BCUT2D eigenvalue weighted by Crippen LogP contribution is -2.07. The van der Waals surface area contributed by atoms with Crippen LogP contribution < -0.4 is 0 Å². The monoisotopic (exact) mass is 241 g/mol. The number of hydrogen-bond acceptors (Lipinski definition) is 2. The van der Waals surface area contributed by atoms with Gasteiger partial charge in [-0.1, -0.05) is 12.1 Å². The van der Waals surface area contributed by atoms with Crippen LogP contribution in [0, 0.1) is 17.2 Å². The van der Waals surface area contributed by atoms with E-state index in [9.17, 15) is 18.0 Å². The topological polar surface area (TPSA) is 40.9 Å². The van der Waals surface area contributed by atoms with Gasteiger partial charge in [-0.3, -0.25) is 0 Å². The Morgan fingerprint density at radius 1 is 1.29 bits per heavy atom. The molecule has 17 heavy (non-hydrogen) atoms. The number of halogens is 3. The quantitative estimate of drug-likeness (QED) is 0.760. The lowest BCUT2D eigenvalue weighted by atomic mass is 9.97. The van der Waals surface area contributed by atoms with Crippen LogP contribution in [0.3, 0.4) is 0 Å². The van der Waals surface area contributed by atoms with E-state index in [1.54, 1.807) is 0 Å². The van der Waals surface area contributed by atoms with Crippen LogP contribution in [-0.4, -0.2) is 6.29 Å². The summed E-state index contributed by atoms with van der Waals surface area (Å²) in [5, 5.41) is 8.44. The van der Waals surface area contributed by atoms with Crippen LogP contribution in [0.2, 0.25) is 0 Å². The second kappa shape index (κ2) is 5.48. The summed E-state index contributed by atoms with van der Waals surface area (Å²) in [4.78, 5) is 10.6. The molecule has 5 heteroatoms. The predicted molar refractivity (Wildman–Crippen MR) is 54.9 cm³/mol. The van der Waals surface area contributed by atoms with Crippen LogP contribution >= 0.6 is 0 Å². The Balaban J connectivity index is 2.75. The van der Waals surface area contributed by atoms with Crippen molar-refractivity contribution in [2.45, 2.75) is 19.0 Å². The van der Waals surface area contributed by atoms with Gasteiger partial charge >= 0.3 is 6.18 Å². The highest BCUT2D eigenvalue weighted by Gasteiger charge is 2.29. The molecule has 0 fully saturated rings. The van der Waals surface area contributed by atoms with E-state index in [2.05, 4.69) is 0 Å². The number of carbonyl (C=O) groups excluding carboxylic acids is 1. The van der Waals surface area contributed by atoms with Gasteiger partial charge in [0.15, 0.2) is 0 Å². The number of rotatable bonds is 4. The van der Waals surface area contributed by atoms with Crippen molar-refractivity contribution >= 4 is 6.29 Å². The van der Waals surface area contributed by atoms with E-state index in [1.165, 1.54) is 12.1 Å². The summed E-state index contributed by atoms with van der Waals surface area (Å²) in [6.07, 6.45) is -3.34. The standard InChI is InChI=1S/C12H10F3NO/c13-12(14,15)11-3-1-9(2-4-11)7-10(8-17)5-6-16/h1-4,8,10H,5,7H2/t10-/m0/s1. The molecular weight excluding hydrogens is 231 g/mol. The second-order valence-corrected chi connectivity index (χ2v) is 3.66. The number of nitrogens with zero attached hydrogens (tertiary/aromatic N) is 1. The van der Waals surface area contributed by atoms with E-state index in [-0.39, 0.29) is 12.8 Å². The van der Waals surface area contributed by atoms with Gasteiger partial charge in [0.25, 0.3) is 0 Å². The normalized spacial score (nSPS) is 12.8. The number of hydrogen-bond donors (Lipinski definition) is 0. The molecule has 0 aromatic heterocycles. The fourth-order valence-corrected chi connectivity index (χ4v) is 1.42. The maximum Gasteiger partial charge on any atom is 0.416 e. The Bertz CT molecular complexity index is 417. The van der Waals surface area contributed by atoms with Crippen molar-refractivity contribution in [2.24, 2.45) is 5.92 Å². The van der Waals surface area contributed by atoms with Gasteiger partial charge in [-0.15, -0.1) is 0 Å².